The number of aliphatic imine (C=N–C) groups is 1. The molecule has 1 saturated carbocycles. The maximum absolute atomic E-state index is 4.94. The number of amidine groups is 1. The molecule has 2 aliphatic rings. The van der Waals surface area contributed by atoms with Crippen LogP contribution in [0.25, 0.3) is 0 Å². The Labute approximate surface area is 123 Å². The van der Waals surface area contributed by atoms with Crippen LogP contribution >= 0.6 is 11.8 Å². The molecule has 2 rings (SSSR count). The number of thioether (sulfide) groups is 1. The Morgan fingerprint density at radius 2 is 2.00 bits per heavy atom. The molecular weight excluding hydrogens is 252 g/mol. The van der Waals surface area contributed by atoms with Crippen molar-refractivity contribution in [3.63, 3.8) is 0 Å². The second kappa shape index (κ2) is 6.07. The minimum absolute atomic E-state index is 0.268. The van der Waals surface area contributed by atoms with Crippen LogP contribution in [0.15, 0.2) is 4.99 Å². The summed E-state index contributed by atoms with van der Waals surface area (Å²) in [7, 11) is 0. The van der Waals surface area contributed by atoms with Gasteiger partial charge in [-0.05, 0) is 43.9 Å². The first kappa shape index (κ1) is 15.2. The summed E-state index contributed by atoms with van der Waals surface area (Å²) in [4.78, 5) is 4.94. The van der Waals surface area contributed by atoms with E-state index in [0.29, 0.717) is 5.41 Å². The fraction of sp³-hybridized carbons (Fsp3) is 0.938. The zero-order chi connectivity index (χ0) is 13.9. The normalized spacial score (nSPS) is 32.2. The first-order valence-electron chi connectivity index (χ1n) is 7.92. The predicted molar refractivity (Wildman–Crippen MR) is 86.9 cm³/mol. The molecule has 1 aliphatic carbocycles. The van der Waals surface area contributed by atoms with Crippen LogP contribution in [-0.4, -0.2) is 23.0 Å². The van der Waals surface area contributed by atoms with Crippen LogP contribution in [-0.2, 0) is 0 Å². The van der Waals surface area contributed by atoms with Crippen molar-refractivity contribution in [1.29, 1.82) is 0 Å². The Morgan fingerprint density at radius 1 is 1.32 bits per heavy atom. The Morgan fingerprint density at radius 3 is 2.53 bits per heavy atom. The van der Waals surface area contributed by atoms with Crippen molar-refractivity contribution in [2.45, 2.75) is 71.8 Å². The molecule has 2 nitrogen and oxygen atoms in total. The lowest BCUT2D eigenvalue weighted by Crippen LogP contribution is -2.40. The van der Waals surface area contributed by atoms with Gasteiger partial charge in [0.15, 0.2) is 5.17 Å². The van der Waals surface area contributed by atoms with Crippen molar-refractivity contribution in [3.05, 3.63) is 0 Å². The van der Waals surface area contributed by atoms with E-state index in [1.165, 1.54) is 49.4 Å². The van der Waals surface area contributed by atoms with Gasteiger partial charge in [-0.2, -0.15) is 0 Å². The molecule has 2 fully saturated rings. The van der Waals surface area contributed by atoms with E-state index in [-0.39, 0.29) is 5.54 Å². The van der Waals surface area contributed by atoms with Crippen molar-refractivity contribution in [3.8, 4) is 0 Å². The highest BCUT2D eigenvalue weighted by molar-refractivity contribution is 8.14. The monoisotopic (exact) mass is 282 g/mol. The molecule has 0 spiro atoms. The number of nitrogens with one attached hydrogen (secondary N) is 1. The molecule has 0 radical (unpaired) electrons. The van der Waals surface area contributed by atoms with E-state index in [2.05, 4.69) is 33.0 Å². The number of hydrogen-bond donors (Lipinski definition) is 1. The lowest BCUT2D eigenvalue weighted by molar-refractivity contribution is 0.245. The van der Waals surface area contributed by atoms with E-state index in [0.717, 1.165) is 12.5 Å². The van der Waals surface area contributed by atoms with Gasteiger partial charge < -0.3 is 5.32 Å². The van der Waals surface area contributed by atoms with E-state index in [4.69, 9.17) is 4.99 Å². The Balaban J connectivity index is 1.96. The zero-order valence-corrected chi connectivity index (χ0v) is 13.9. The average molecular weight is 282 g/mol. The highest BCUT2D eigenvalue weighted by Crippen LogP contribution is 2.43. The van der Waals surface area contributed by atoms with Crippen LogP contribution < -0.4 is 5.32 Å². The highest BCUT2D eigenvalue weighted by atomic mass is 32.2. The molecule has 1 atom stereocenters. The van der Waals surface area contributed by atoms with E-state index in [9.17, 15) is 0 Å². The minimum Gasteiger partial charge on any atom is -0.359 e. The van der Waals surface area contributed by atoms with Gasteiger partial charge in [-0.3, -0.25) is 4.99 Å². The first-order chi connectivity index (χ1) is 8.97. The second-order valence-corrected chi connectivity index (χ2v) is 8.22. The summed E-state index contributed by atoms with van der Waals surface area (Å²) in [5.41, 5.74) is 0.777. The fourth-order valence-electron chi connectivity index (χ4n) is 3.49. The predicted octanol–water partition coefficient (Wildman–Crippen LogP) is 4.45. The van der Waals surface area contributed by atoms with Gasteiger partial charge in [0.2, 0.25) is 0 Å². The van der Waals surface area contributed by atoms with Crippen molar-refractivity contribution >= 4 is 16.9 Å². The van der Waals surface area contributed by atoms with Gasteiger partial charge in [-0.25, -0.2) is 0 Å². The summed E-state index contributed by atoms with van der Waals surface area (Å²) in [6.07, 6.45) is 8.11. The summed E-state index contributed by atoms with van der Waals surface area (Å²) >= 11 is 1.91. The third-order valence-corrected chi connectivity index (χ3v) is 6.07. The van der Waals surface area contributed by atoms with Crippen LogP contribution in [0.3, 0.4) is 0 Å². The molecule has 19 heavy (non-hydrogen) atoms. The lowest BCUT2D eigenvalue weighted by Gasteiger charge is -2.29. The largest absolute Gasteiger partial charge is 0.359 e. The molecule has 1 aliphatic heterocycles. The van der Waals surface area contributed by atoms with Gasteiger partial charge in [-0.1, -0.05) is 45.4 Å². The summed E-state index contributed by atoms with van der Waals surface area (Å²) in [5.74, 6) is 1.96. The van der Waals surface area contributed by atoms with Crippen molar-refractivity contribution in [2.24, 2.45) is 16.3 Å². The number of hydrogen-bond acceptors (Lipinski definition) is 2. The summed E-state index contributed by atoms with van der Waals surface area (Å²) < 4.78 is 0. The summed E-state index contributed by atoms with van der Waals surface area (Å²) in [6.45, 7) is 10.3. The quantitative estimate of drug-likeness (QED) is 0.805. The standard InChI is InChI=1S/C16H30N2S/c1-5-15(4)12-19-14(18-15)17-11-16(10-13(2)3)8-6-7-9-16/h13H,5-12H2,1-4H3,(H,17,18). The Bertz CT molecular complexity index is 332. The van der Waals surface area contributed by atoms with Crippen LogP contribution in [0.4, 0.5) is 0 Å². The molecule has 0 amide bonds. The molecule has 110 valence electrons. The SMILES string of the molecule is CCC1(C)CSC(=NCC2(CC(C)C)CCCC2)N1. The van der Waals surface area contributed by atoms with Crippen LogP contribution in [0, 0.1) is 11.3 Å². The molecule has 0 aromatic carbocycles. The van der Waals surface area contributed by atoms with Gasteiger partial charge >= 0.3 is 0 Å². The summed E-state index contributed by atoms with van der Waals surface area (Å²) in [5, 5.41) is 4.82. The first-order valence-corrected chi connectivity index (χ1v) is 8.91. The number of nitrogens with zero attached hydrogens (tertiary/aromatic N) is 1. The van der Waals surface area contributed by atoms with E-state index in [1.807, 2.05) is 11.8 Å². The molecule has 0 aromatic rings. The molecule has 0 aromatic heterocycles. The zero-order valence-electron chi connectivity index (χ0n) is 13.1. The smallest absolute Gasteiger partial charge is 0.157 e. The molecule has 1 N–H and O–H groups in total. The topological polar surface area (TPSA) is 24.4 Å². The third-order valence-electron chi connectivity index (χ3n) is 4.78. The second-order valence-electron chi connectivity index (χ2n) is 7.25. The van der Waals surface area contributed by atoms with Crippen LogP contribution in [0.1, 0.15) is 66.2 Å². The molecule has 0 bridgehead atoms. The van der Waals surface area contributed by atoms with Gasteiger partial charge in [0, 0.05) is 17.8 Å². The Kier molecular flexibility index (Phi) is 4.86. The van der Waals surface area contributed by atoms with Crippen molar-refractivity contribution in [2.75, 3.05) is 12.3 Å². The molecule has 1 unspecified atom stereocenters. The molecular formula is C16H30N2S. The molecule has 1 saturated heterocycles. The van der Waals surface area contributed by atoms with Gasteiger partial charge in [0.1, 0.15) is 0 Å². The summed E-state index contributed by atoms with van der Waals surface area (Å²) in [6, 6.07) is 0. The van der Waals surface area contributed by atoms with Gasteiger partial charge in [-0.15, -0.1) is 0 Å². The molecule has 1 heterocycles. The lowest BCUT2D eigenvalue weighted by atomic mass is 9.79. The Hall–Kier alpha value is -0.180. The maximum Gasteiger partial charge on any atom is 0.157 e. The number of rotatable bonds is 5. The average Bonchev–Trinajstić information content (AvgIpc) is 2.95. The van der Waals surface area contributed by atoms with Crippen molar-refractivity contribution < 1.29 is 0 Å². The fourth-order valence-corrected chi connectivity index (χ4v) is 4.70. The highest BCUT2D eigenvalue weighted by Gasteiger charge is 2.35. The van der Waals surface area contributed by atoms with Crippen LogP contribution in [0.2, 0.25) is 0 Å². The molecule has 3 heteroatoms. The van der Waals surface area contributed by atoms with Crippen molar-refractivity contribution in [1.82, 2.24) is 5.32 Å². The van der Waals surface area contributed by atoms with Gasteiger partial charge in [0.25, 0.3) is 0 Å². The maximum atomic E-state index is 4.94. The van der Waals surface area contributed by atoms with E-state index in [1.54, 1.807) is 0 Å². The van der Waals surface area contributed by atoms with Crippen LogP contribution in [0.5, 0.6) is 0 Å². The van der Waals surface area contributed by atoms with E-state index >= 15 is 0 Å². The van der Waals surface area contributed by atoms with E-state index < -0.39 is 0 Å². The third kappa shape index (κ3) is 3.90. The van der Waals surface area contributed by atoms with Gasteiger partial charge in [0.05, 0.1) is 0 Å². The minimum atomic E-state index is 0.268.